The van der Waals surface area contributed by atoms with E-state index in [4.69, 9.17) is 9.47 Å². The standard InChI is InChI=1S/C34H46O8/c1-17(18(2)30(39)40)28(38)29(42-22(6)36)20(4)27-25(41-21(5)35)15-32(8)26-10-9-23-19(3)24(37)11-12-33(23)16-34(26,33)14-13-31(27,32)7/h11-12,18-20,23,25-27,29H,1,9-10,13-16H2,2-8H3,(H,39,40)/t18?,19-,20-,23?,25-,26?,27-,29+,31+,32-,33+,34-/m0/s1. The number of carbonyl (C=O) groups is 5. The second-order valence-electron chi connectivity index (χ2n) is 14.7. The van der Waals surface area contributed by atoms with Crippen molar-refractivity contribution < 1.29 is 38.6 Å². The maximum atomic E-state index is 13.7. The minimum atomic E-state index is -1.24. The molecule has 0 aromatic heterocycles. The molecule has 0 saturated heterocycles. The Kier molecular flexibility index (Phi) is 7.22. The van der Waals surface area contributed by atoms with Crippen LogP contribution in [-0.4, -0.2) is 46.8 Å². The largest absolute Gasteiger partial charge is 0.481 e. The molecule has 8 heteroatoms. The van der Waals surface area contributed by atoms with E-state index < -0.39 is 47.7 Å². The van der Waals surface area contributed by atoms with Gasteiger partial charge >= 0.3 is 17.9 Å². The van der Waals surface area contributed by atoms with Gasteiger partial charge in [0.05, 0.1) is 5.92 Å². The number of allylic oxidation sites excluding steroid dienone is 2. The Morgan fingerprint density at radius 1 is 1.05 bits per heavy atom. The zero-order chi connectivity index (χ0) is 31.2. The number of ketones is 2. The second-order valence-corrected chi connectivity index (χ2v) is 14.7. The van der Waals surface area contributed by atoms with Crippen molar-refractivity contribution in [1.29, 1.82) is 0 Å². The number of carbonyl (C=O) groups excluding carboxylic acids is 4. The molecule has 1 N–H and O–H groups in total. The number of ether oxygens (including phenoxy) is 2. The molecule has 0 aromatic carbocycles. The summed E-state index contributed by atoms with van der Waals surface area (Å²) >= 11 is 0. The number of hydrogen-bond donors (Lipinski definition) is 1. The van der Waals surface area contributed by atoms with Crippen LogP contribution in [0.15, 0.2) is 24.3 Å². The average molecular weight is 583 g/mol. The smallest absolute Gasteiger partial charge is 0.310 e. The van der Waals surface area contributed by atoms with Gasteiger partial charge in [0.15, 0.2) is 17.7 Å². The molecule has 0 heterocycles. The van der Waals surface area contributed by atoms with Gasteiger partial charge in [-0.05, 0) is 85.0 Å². The molecule has 0 amide bonds. The number of carboxylic acid groups (broad SMARTS) is 1. The maximum absolute atomic E-state index is 13.7. The van der Waals surface area contributed by atoms with Crippen LogP contribution in [0.4, 0.5) is 0 Å². The van der Waals surface area contributed by atoms with Gasteiger partial charge in [-0.2, -0.15) is 0 Å². The Bertz CT molecular complexity index is 1280. The highest BCUT2D eigenvalue weighted by Crippen LogP contribution is 2.87. The Morgan fingerprint density at radius 3 is 2.31 bits per heavy atom. The highest BCUT2D eigenvalue weighted by Gasteiger charge is 2.81. The summed E-state index contributed by atoms with van der Waals surface area (Å²) in [6.07, 6.45) is 7.83. The normalized spacial score (nSPS) is 43.4. The predicted octanol–water partition coefficient (Wildman–Crippen LogP) is 5.34. The van der Waals surface area contributed by atoms with Gasteiger partial charge in [-0.3, -0.25) is 24.0 Å². The van der Waals surface area contributed by atoms with Crippen LogP contribution in [-0.2, 0) is 33.4 Å². The third-order valence-electron chi connectivity index (χ3n) is 13.2. The van der Waals surface area contributed by atoms with Gasteiger partial charge < -0.3 is 14.6 Å². The lowest BCUT2D eigenvalue weighted by Gasteiger charge is -2.61. The molecule has 5 aliphatic rings. The van der Waals surface area contributed by atoms with E-state index in [1.807, 2.05) is 13.0 Å². The molecule has 230 valence electrons. The number of Topliss-reactive ketones (excluding diaryl/α,β-unsaturated/α-hetero) is 1. The van der Waals surface area contributed by atoms with Crippen LogP contribution in [0.5, 0.6) is 0 Å². The monoisotopic (exact) mass is 582 g/mol. The third kappa shape index (κ3) is 4.02. The lowest BCUT2D eigenvalue weighted by Crippen LogP contribution is -2.56. The molecular formula is C34H46O8. The fourth-order valence-corrected chi connectivity index (χ4v) is 11.0. The fraction of sp³-hybridized carbons (Fsp3) is 0.735. The first-order chi connectivity index (χ1) is 19.5. The zero-order valence-corrected chi connectivity index (χ0v) is 26.0. The van der Waals surface area contributed by atoms with Crippen LogP contribution in [0.2, 0.25) is 0 Å². The molecule has 0 aromatic rings. The first-order valence-corrected chi connectivity index (χ1v) is 15.5. The second kappa shape index (κ2) is 9.88. The van der Waals surface area contributed by atoms with Crippen LogP contribution in [0.3, 0.4) is 0 Å². The van der Waals surface area contributed by atoms with Crippen molar-refractivity contribution in [3.63, 3.8) is 0 Å². The van der Waals surface area contributed by atoms with Crippen LogP contribution in [0.25, 0.3) is 0 Å². The van der Waals surface area contributed by atoms with Crippen LogP contribution < -0.4 is 0 Å². The number of esters is 2. The van der Waals surface area contributed by atoms with E-state index in [2.05, 4.69) is 33.4 Å². The van der Waals surface area contributed by atoms with E-state index >= 15 is 0 Å². The van der Waals surface area contributed by atoms with E-state index in [9.17, 15) is 29.1 Å². The van der Waals surface area contributed by atoms with Crippen LogP contribution in [0.1, 0.15) is 87.0 Å². The number of aliphatic carboxylic acids is 1. The molecule has 42 heavy (non-hydrogen) atoms. The van der Waals surface area contributed by atoms with Crippen molar-refractivity contribution in [3.8, 4) is 0 Å². The van der Waals surface area contributed by atoms with E-state index in [1.54, 1.807) is 0 Å². The maximum Gasteiger partial charge on any atom is 0.310 e. The molecule has 4 saturated carbocycles. The van der Waals surface area contributed by atoms with Gasteiger partial charge in [-0.1, -0.05) is 40.3 Å². The zero-order valence-electron chi connectivity index (χ0n) is 26.0. The Balaban J connectivity index is 1.54. The van der Waals surface area contributed by atoms with Gasteiger partial charge in [0.2, 0.25) is 0 Å². The predicted molar refractivity (Wildman–Crippen MR) is 154 cm³/mol. The molecule has 0 bridgehead atoms. The first-order valence-electron chi connectivity index (χ1n) is 15.5. The van der Waals surface area contributed by atoms with E-state index in [0.717, 1.165) is 32.1 Å². The summed E-state index contributed by atoms with van der Waals surface area (Å²) in [6, 6.07) is 0. The summed E-state index contributed by atoms with van der Waals surface area (Å²) in [6.45, 7) is 16.3. The highest BCUT2D eigenvalue weighted by molar-refractivity contribution is 6.03. The van der Waals surface area contributed by atoms with Crippen molar-refractivity contribution in [1.82, 2.24) is 0 Å². The van der Waals surface area contributed by atoms with Crippen molar-refractivity contribution in [2.24, 2.45) is 57.2 Å². The summed E-state index contributed by atoms with van der Waals surface area (Å²) in [5.41, 5.74) is -0.562. The topological polar surface area (TPSA) is 124 Å². The molecule has 2 spiro atoms. The van der Waals surface area contributed by atoms with E-state index in [-0.39, 0.29) is 44.9 Å². The highest BCUT2D eigenvalue weighted by atomic mass is 16.6. The van der Waals surface area contributed by atoms with Crippen LogP contribution in [0, 0.1) is 57.2 Å². The lowest BCUT2D eigenvalue weighted by atomic mass is 9.43. The SMILES string of the molecule is C=C(C(=O)[C@H](OC(C)=O)[C@@H](C)[C@H]1[C@@H](OC(C)=O)C[C@@]2(C)C3CCC4[C@H](C)C(=O)C=C[C@@]45C[C@@]35CC[C@]12C)C(C)C(=O)O. The van der Waals surface area contributed by atoms with E-state index in [1.165, 1.54) is 20.8 Å². The summed E-state index contributed by atoms with van der Waals surface area (Å²) < 4.78 is 11.7. The lowest BCUT2D eigenvalue weighted by molar-refractivity contribution is -0.166. The minimum Gasteiger partial charge on any atom is -0.481 e. The number of carboxylic acids is 1. The third-order valence-corrected chi connectivity index (χ3v) is 13.2. The molecule has 8 nitrogen and oxygen atoms in total. The van der Waals surface area contributed by atoms with Crippen molar-refractivity contribution in [3.05, 3.63) is 24.3 Å². The molecule has 5 rings (SSSR count). The van der Waals surface area contributed by atoms with Gasteiger partial charge in [0.25, 0.3) is 0 Å². The van der Waals surface area contributed by atoms with Gasteiger partial charge in [-0.15, -0.1) is 0 Å². The van der Waals surface area contributed by atoms with E-state index in [0.29, 0.717) is 18.3 Å². The Hall–Kier alpha value is -2.77. The molecule has 3 unspecified atom stereocenters. The minimum absolute atomic E-state index is 0.0263. The molecule has 12 atom stereocenters. The molecule has 5 aliphatic carbocycles. The van der Waals surface area contributed by atoms with Crippen LogP contribution >= 0.6 is 0 Å². The number of fused-ring (bicyclic) bond motifs is 2. The molecule has 0 radical (unpaired) electrons. The number of rotatable bonds is 8. The van der Waals surface area contributed by atoms with Crippen molar-refractivity contribution >= 4 is 29.5 Å². The Morgan fingerprint density at radius 2 is 1.71 bits per heavy atom. The first kappa shape index (κ1) is 30.7. The molecule has 0 aliphatic heterocycles. The summed E-state index contributed by atoms with van der Waals surface area (Å²) in [5.74, 6) is -3.86. The Labute approximate surface area is 248 Å². The van der Waals surface area contributed by atoms with Gasteiger partial charge in [0.1, 0.15) is 6.10 Å². The summed E-state index contributed by atoms with van der Waals surface area (Å²) in [7, 11) is 0. The number of hydrogen-bond acceptors (Lipinski definition) is 7. The summed E-state index contributed by atoms with van der Waals surface area (Å²) in [4.78, 5) is 62.7. The van der Waals surface area contributed by atoms with Gasteiger partial charge in [0, 0.05) is 37.2 Å². The fourth-order valence-electron chi connectivity index (χ4n) is 11.0. The summed E-state index contributed by atoms with van der Waals surface area (Å²) in [5, 5.41) is 9.53. The molecular weight excluding hydrogens is 536 g/mol. The molecule has 4 fully saturated rings. The van der Waals surface area contributed by atoms with Crippen molar-refractivity contribution in [2.45, 2.75) is 99.2 Å². The quantitative estimate of drug-likeness (QED) is 0.301. The average Bonchev–Trinajstić information content (AvgIpc) is 3.52. The van der Waals surface area contributed by atoms with Crippen molar-refractivity contribution in [2.75, 3.05) is 0 Å². The van der Waals surface area contributed by atoms with Gasteiger partial charge in [-0.25, -0.2) is 0 Å².